The van der Waals surface area contributed by atoms with Gasteiger partial charge in [0.1, 0.15) is 0 Å². The highest BCUT2D eigenvalue weighted by atomic mass is 32.2. The van der Waals surface area contributed by atoms with Crippen LogP contribution in [0.15, 0.2) is 0 Å². The van der Waals surface area contributed by atoms with Gasteiger partial charge in [-0.2, -0.15) is 12.7 Å². The molecule has 0 radical (unpaired) electrons. The molecule has 92 valence electrons. The van der Waals surface area contributed by atoms with Crippen molar-refractivity contribution in [1.29, 1.82) is 0 Å². The molecule has 0 unspecified atom stereocenters. The van der Waals surface area contributed by atoms with Gasteiger partial charge in [0.25, 0.3) is 10.2 Å². The van der Waals surface area contributed by atoms with Gasteiger partial charge in [-0.15, -0.1) is 0 Å². The number of nitrogens with one attached hydrogen (secondary N) is 1. The van der Waals surface area contributed by atoms with Crippen LogP contribution in [-0.2, 0) is 10.2 Å². The van der Waals surface area contributed by atoms with Crippen LogP contribution in [0.4, 0.5) is 0 Å². The van der Waals surface area contributed by atoms with E-state index in [1.165, 1.54) is 4.31 Å². The zero-order valence-electron chi connectivity index (χ0n) is 10.0. The van der Waals surface area contributed by atoms with Gasteiger partial charge in [0.15, 0.2) is 0 Å². The SMILES string of the molecule is CC(C)CNS(=O)(=O)N(CCN)C(C)C. The van der Waals surface area contributed by atoms with E-state index in [2.05, 4.69) is 4.72 Å². The number of hydrogen-bond acceptors (Lipinski definition) is 3. The third kappa shape index (κ3) is 5.46. The minimum absolute atomic E-state index is 0.0711. The van der Waals surface area contributed by atoms with E-state index in [-0.39, 0.29) is 6.04 Å². The first-order chi connectivity index (χ1) is 6.81. The summed E-state index contributed by atoms with van der Waals surface area (Å²) in [4.78, 5) is 0. The molecule has 0 saturated heterocycles. The zero-order valence-corrected chi connectivity index (χ0v) is 10.8. The summed E-state index contributed by atoms with van der Waals surface area (Å²) in [5.41, 5.74) is 5.39. The smallest absolute Gasteiger partial charge is 0.279 e. The molecule has 0 aliphatic carbocycles. The molecule has 0 aliphatic heterocycles. The fourth-order valence-electron chi connectivity index (χ4n) is 1.14. The van der Waals surface area contributed by atoms with Crippen molar-refractivity contribution in [3.63, 3.8) is 0 Å². The lowest BCUT2D eigenvalue weighted by atomic mass is 10.2. The molecule has 0 bridgehead atoms. The number of hydrogen-bond donors (Lipinski definition) is 2. The molecule has 0 aromatic heterocycles. The van der Waals surface area contributed by atoms with Crippen LogP contribution < -0.4 is 10.5 Å². The van der Waals surface area contributed by atoms with Crippen molar-refractivity contribution in [3.05, 3.63) is 0 Å². The van der Waals surface area contributed by atoms with Gasteiger partial charge >= 0.3 is 0 Å². The van der Waals surface area contributed by atoms with E-state index in [4.69, 9.17) is 5.73 Å². The molecule has 5 nitrogen and oxygen atoms in total. The van der Waals surface area contributed by atoms with E-state index in [0.29, 0.717) is 25.6 Å². The van der Waals surface area contributed by atoms with E-state index >= 15 is 0 Å². The average molecular weight is 237 g/mol. The molecule has 3 N–H and O–H groups in total. The Bertz CT molecular complexity index is 263. The summed E-state index contributed by atoms with van der Waals surface area (Å²) >= 11 is 0. The van der Waals surface area contributed by atoms with Crippen molar-refractivity contribution < 1.29 is 8.42 Å². The van der Waals surface area contributed by atoms with Crippen LogP contribution in [0.25, 0.3) is 0 Å². The summed E-state index contributed by atoms with van der Waals surface area (Å²) in [6.45, 7) is 8.74. The molecule has 0 heterocycles. The Hall–Kier alpha value is -0.170. The molecule has 0 aromatic carbocycles. The average Bonchev–Trinajstić information content (AvgIpc) is 2.10. The maximum atomic E-state index is 11.8. The highest BCUT2D eigenvalue weighted by Crippen LogP contribution is 2.04. The first kappa shape index (κ1) is 14.8. The summed E-state index contributed by atoms with van der Waals surface area (Å²) in [5, 5.41) is 0. The van der Waals surface area contributed by atoms with Crippen LogP contribution in [0, 0.1) is 5.92 Å². The molecule has 0 spiro atoms. The predicted octanol–water partition coefficient (Wildman–Crippen LogP) is 0.146. The topological polar surface area (TPSA) is 75.4 Å². The maximum absolute atomic E-state index is 11.8. The minimum atomic E-state index is -3.38. The van der Waals surface area contributed by atoms with Gasteiger partial charge in [-0.3, -0.25) is 0 Å². The number of nitrogens with two attached hydrogens (primary N) is 1. The fourth-order valence-corrected chi connectivity index (χ4v) is 2.75. The second kappa shape index (κ2) is 6.42. The molecule has 0 atom stereocenters. The highest BCUT2D eigenvalue weighted by molar-refractivity contribution is 7.87. The van der Waals surface area contributed by atoms with Gasteiger partial charge in [0.2, 0.25) is 0 Å². The Morgan fingerprint density at radius 3 is 2.13 bits per heavy atom. The second-order valence-electron chi connectivity index (χ2n) is 4.24. The standard InChI is InChI=1S/C9H23N3O2S/c1-8(2)7-11-15(13,14)12(6-5-10)9(3)4/h8-9,11H,5-7,10H2,1-4H3. The largest absolute Gasteiger partial charge is 0.329 e. The van der Waals surface area contributed by atoms with Crippen molar-refractivity contribution in [3.8, 4) is 0 Å². The normalized spacial score (nSPS) is 13.1. The van der Waals surface area contributed by atoms with Crippen LogP contribution in [-0.4, -0.2) is 38.4 Å². The molecule has 0 fully saturated rings. The van der Waals surface area contributed by atoms with Gasteiger partial charge in [-0.25, -0.2) is 4.72 Å². The van der Waals surface area contributed by atoms with Crippen LogP contribution in [0.5, 0.6) is 0 Å². The van der Waals surface area contributed by atoms with Crippen LogP contribution in [0.2, 0.25) is 0 Å². The third-order valence-corrected chi connectivity index (χ3v) is 3.66. The molecule has 0 aliphatic rings. The summed E-state index contributed by atoms with van der Waals surface area (Å²) in [7, 11) is -3.38. The van der Waals surface area contributed by atoms with Crippen LogP contribution in [0.1, 0.15) is 27.7 Å². The van der Waals surface area contributed by atoms with E-state index < -0.39 is 10.2 Å². The first-order valence-electron chi connectivity index (χ1n) is 5.27. The Labute approximate surface area is 93.2 Å². The van der Waals surface area contributed by atoms with Crippen molar-refractivity contribution in [2.24, 2.45) is 11.7 Å². The Morgan fingerprint density at radius 2 is 1.80 bits per heavy atom. The fraction of sp³-hybridized carbons (Fsp3) is 1.00. The van der Waals surface area contributed by atoms with E-state index in [0.717, 1.165) is 0 Å². The zero-order chi connectivity index (χ0) is 12.1. The molecule has 6 heteroatoms. The highest BCUT2D eigenvalue weighted by Gasteiger charge is 2.23. The quantitative estimate of drug-likeness (QED) is 0.661. The first-order valence-corrected chi connectivity index (χ1v) is 6.71. The number of rotatable bonds is 7. The Balaban J connectivity index is 4.50. The van der Waals surface area contributed by atoms with Gasteiger partial charge in [-0.05, 0) is 19.8 Å². The van der Waals surface area contributed by atoms with Crippen molar-refractivity contribution in [2.75, 3.05) is 19.6 Å². The molecular weight excluding hydrogens is 214 g/mol. The third-order valence-electron chi connectivity index (χ3n) is 1.91. The Morgan fingerprint density at radius 1 is 1.27 bits per heavy atom. The molecule has 0 amide bonds. The van der Waals surface area contributed by atoms with Gasteiger partial charge in [0.05, 0.1) is 0 Å². The lowest BCUT2D eigenvalue weighted by Crippen LogP contribution is -2.47. The lowest BCUT2D eigenvalue weighted by molar-refractivity contribution is 0.353. The molecule has 0 saturated carbocycles. The summed E-state index contributed by atoms with van der Waals surface area (Å²) < 4.78 is 27.6. The van der Waals surface area contributed by atoms with Crippen molar-refractivity contribution in [1.82, 2.24) is 9.03 Å². The van der Waals surface area contributed by atoms with E-state index in [9.17, 15) is 8.42 Å². The van der Waals surface area contributed by atoms with E-state index in [1.807, 2.05) is 27.7 Å². The van der Waals surface area contributed by atoms with Gasteiger partial charge in [-0.1, -0.05) is 13.8 Å². The lowest BCUT2D eigenvalue weighted by Gasteiger charge is -2.25. The van der Waals surface area contributed by atoms with Crippen LogP contribution >= 0.6 is 0 Å². The summed E-state index contributed by atoms with van der Waals surface area (Å²) in [5.74, 6) is 0.298. The molecule has 0 aromatic rings. The predicted molar refractivity (Wildman–Crippen MR) is 62.7 cm³/mol. The second-order valence-corrected chi connectivity index (χ2v) is 5.95. The van der Waals surface area contributed by atoms with Gasteiger partial charge < -0.3 is 5.73 Å². The summed E-state index contributed by atoms with van der Waals surface area (Å²) in [6, 6.07) is -0.0711. The van der Waals surface area contributed by atoms with Crippen LogP contribution in [0.3, 0.4) is 0 Å². The Kier molecular flexibility index (Phi) is 6.35. The van der Waals surface area contributed by atoms with Crippen molar-refractivity contribution in [2.45, 2.75) is 33.7 Å². The van der Waals surface area contributed by atoms with Crippen molar-refractivity contribution >= 4 is 10.2 Å². The summed E-state index contributed by atoms with van der Waals surface area (Å²) in [6.07, 6.45) is 0. The van der Waals surface area contributed by atoms with E-state index in [1.54, 1.807) is 0 Å². The monoisotopic (exact) mass is 237 g/mol. The minimum Gasteiger partial charge on any atom is -0.329 e. The van der Waals surface area contributed by atoms with Gasteiger partial charge in [0, 0.05) is 25.7 Å². The maximum Gasteiger partial charge on any atom is 0.279 e. The molecule has 15 heavy (non-hydrogen) atoms. The number of nitrogens with zero attached hydrogens (tertiary/aromatic N) is 1. The molecule has 0 rings (SSSR count). The molecular formula is C9H23N3O2S.